The molecule has 0 unspecified atom stereocenters. The zero-order chi connectivity index (χ0) is 16.3. The Morgan fingerprint density at radius 3 is 2.50 bits per heavy atom. The molecule has 1 aromatic heterocycles. The van der Waals surface area contributed by atoms with Gasteiger partial charge in [-0.05, 0) is 49.3 Å². The molecule has 1 heterocycles. The molecule has 1 N–H and O–H groups in total. The van der Waals surface area contributed by atoms with Crippen molar-refractivity contribution in [3.8, 4) is 0 Å². The number of aryl methyl sites for hydroxylation is 1. The molecular formula is C17H22N2O3. The molecule has 0 atom stereocenters. The molecule has 5 nitrogen and oxygen atoms in total. The number of hydrogen-bond donors (Lipinski definition) is 1. The number of rotatable bonds is 3. The van der Waals surface area contributed by atoms with Gasteiger partial charge in [-0.25, -0.2) is 4.68 Å². The SMILES string of the molecule is CCn1nc(C(C)C)c2cc(C3CC3)ccc2c1=O.O=CO. The molecule has 5 heteroatoms. The smallest absolute Gasteiger partial charge is 0.290 e. The maximum absolute atomic E-state index is 12.3. The minimum absolute atomic E-state index is 0.0317. The van der Waals surface area contributed by atoms with E-state index in [-0.39, 0.29) is 12.0 Å². The first-order chi connectivity index (χ1) is 10.5. The largest absolute Gasteiger partial charge is 0.483 e. The van der Waals surface area contributed by atoms with Crippen molar-refractivity contribution >= 4 is 17.2 Å². The first-order valence-corrected chi connectivity index (χ1v) is 7.66. The summed E-state index contributed by atoms with van der Waals surface area (Å²) in [5.74, 6) is 1.04. The number of nitrogens with zero attached hydrogens (tertiary/aromatic N) is 2. The highest BCUT2D eigenvalue weighted by molar-refractivity contribution is 5.85. The monoisotopic (exact) mass is 302 g/mol. The van der Waals surface area contributed by atoms with Crippen molar-refractivity contribution in [3.05, 3.63) is 39.8 Å². The summed E-state index contributed by atoms with van der Waals surface area (Å²) >= 11 is 0. The third-order valence-electron chi connectivity index (χ3n) is 3.91. The van der Waals surface area contributed by atoms with Crippen molar-refractivity contribution in [2.75, 3.05) is 0 Å². The van der Waals surface area contributed by atoms with Gasteiger partial charge in [-0.3, -0.25) is 9.59 Å². The molecule has 0 spiro atoms. The van der Waals surface area contributed by atoms with Crippen LogP contribution < -0.4 is 5.56 Å². The third kappa shape index (κ3) is 3.18. The van der Waals surface area contributed by atoms with Crippen molar-refractivity contribution in [1.82, 2.24) is 9.78 Å². The van der Waals surface area contributed by atoms with Crippen LogP contribution in [0.3, 0.4) is 0 Å². The van der Waals surface area contributed by atoms with E-state index >= 15 is 0 Å². The van der Waals surface area contributed by atoms with E-state index in [1.54, 1.807) is 4.68 Å². The van der Waals surface area contributed by atoms with Gasteiger partial charge in [0.2, 0.25) is 0 Å². The van der Waals surface area contributed by atoms with Crippen LogP contribution in [-0.4, -0.2) is 21.4 Å². The second-order valence-electron chi connectivity index (χ2n) is 5.85. The van der Waals surface area contributed by atoms with Crippen LogP contribution in [0, 0.1) is 0 Å². The summed E-state index contributed by atoms with van der Waals surface area (Å²) < 4.78 is 1.58. The molecule has 1 fully saturated rings. The van der Waals surface area contributed by atoms with Crippen LogP contribution in [0.4, 0.5) is 0 Å². The van der Waals surface area contributed by atoms with Gasteiger partial charge < -0.3 is 5.11 Å². The van der Waals surface area contributed by atoms with Crippen LogP contribution >= 0.6 is 0 Å². The van der Waals surface area contributed by atoms with E-state index in [4.69, 9.17) is 9.90 Å². The molecule has 1 aliphatic rings. The fraction of sp³-hybridized carbons (Fsp3) is 0.471. The van der Waals surface area contributed by atoms with Crippen molar-refractivity contribution in [2.24, 2.45) is 0 Å². The van der Waals surface area contributed by atoms with Gasteiger partial charge in [-0.1, -0.05) is 19.9 Å². The quantitative estimate of drug-likeness (QED) is 0.884. The van der Waals surface area contributed by atoms with Gasteiger partial charge in [0.1, 0.15) is 0 Å². The van der Waals surface area contributed by atoms with E-state index in [1.807, 2.05) is 13.0 Å². The highest BCUT2D eigenvalue weighted by Gasteiger charge is 2.24. The molecule has 0 aliphatic heterocycles. The lowest BCUT2D eigenvalue weighted by atomic mass is 9.99. The van der Waals surface area contributed by atoms with Gasteiger partial charge >= 0.3 is 0 Å². The number of carboxylic acid groups (broad SMARTS) is 1. The zero-order valence-corrected chi connectivity index (χ0v) is 13.2. The Kier molecular flexibility index (Phi) is 4.96. The van der Waals surface area contributed by atoms with Crippen molar-refractivity contribution in [1.29, 1.82) is 0 Å². The third-order valence-corrected chi connectivity index (χ3v) is 3.91. The summed E-state index contributed by atoms with van der Waals surface area (Å²) in [6.45, 7) is 6.61. The van der Waals surface area contributed by atoms with Crippen LogP contribution in [0.2, 0.25) is 0 Å². The van der Waals surface area contributed by atoms with E-state index in [2.05, 4.69) is 31.1 Å². The molecule has 3 rings (SSSR count). The lowest BCUT2D eigenvalue weighted by Crippen LogP contribution is -2.24. The molecule has 22 heavy (non-hydrogen) atoms. The Labute approximate surface area is 129 Å². The van der Waals surface area contributed by atoms with Crippen LogP contribution in [0.25, 0.3) is 10.8 Å². The molecule has 2 aromatic rings. The first kappa shape index (κ1) is 16.2. The summed E-state index contributed by atoms with van der Waals surface area (Å²) in [5.41, 5.74) is 2.44. The van der Waals surface area contributed by atoms with Crippen LogP contribution in [0.15, 0.2) is 23.0 Å². The molecule has 0 amide bonds. The molecule has 1 aliphatic carbocycles. The summed E-state index contributed by atoms with van der Waals surface area (Å²) in [7, 11) is 0. The normalized spacial score (nSPS) is 13.8. The van der Waals surface area contributed by atoms with Gasteiger partial charge in [0.05, 0.1) is 11.1 Å². The zero-order valence-electron chi connectivity index (χ0n) is 13.2. The van der Waals surface area contributed by atoms with E-state index in [0.717, 1.165) is 16.5 Å². The average molecular weight is 302 g/mol. The maximum Gasteiger partial charge on any atom is 0.290 e. The van der Waals surface area contributed by atoms with E-state index in [1.165, 1.54) is 18.4 Å². The van der Waals surface area contributed by atoms with Crippen LogP contribution in [0.5, 0.6) is 0 Å². The van der Waals surface area contributed by atoms with Gasteiger partial charge in [-0.2, -0.15) is 5.10 Å². The predicted octanol–water partition coefficient (Wildman–Crippen LogP) is 3.12. The number of hydrogen-bond acceptors (Lipinski definition) is 3. The van der Waals surface area contributed by atoms with Crippen molar-refractivity contribution in [2.45, 2.75) is 52.0 Å². The molecule has 0 saturated heterocycles. The molecule has 118 valence electrons. The molecule has 0 radical (unpaired) electrons. The Morgan fingerprint density at radius 1 is 1.36 bits per heavy atom. The Hall–Kier alpha value is -2.17. The minimum atomic E-state index is -0.250. The molecule has 1 saturated carbocycles. The number of fused-ring (bicyclic) bond motifs is 1. The van der Waals surface area contributed by atoms with E-state index < -0.39 is 0 Å². The van der Waals surface area contributed by atoms with Gasteiger partial charge in [0, 0.05) is 11.9 Å². The van der Waals surface area contributed by atoms with E-state index in [9.17, 15) is 4.79 Å². The summed E-state index contributed by atoms with van der Waals surface area (Å²) in [6, 6.07) is 6.30. The topological polar surface area (TPSA) is 72.2 Å². The number of aromatic nitrogens is 2. The fourth-order valence-electron chi connectivity index (χ4n) is 2.64. The van der Waals surface area contributed by atoms with Crippen molar-refractivity contribution < 1.29 is 9.90 Å². The first-order valence-electron chi connectivity index (χ1n) is 7.66. The number of carbonyl (C=O) groups is 1. The van der Waals surface area contributed by atoms with Gasteiger partial charge in [0.15, 0.2) is 0 Å². The maximum atomic E-state index is 12.3. The molecular weight excluding hydrogens is 280 g/mol. The van der Waals surface area contributed by atoms with Crippen molar-refractivity contribution in [3.63, 3.8) is 0 Å². The Bertz CT molecular complexity index is 730. The lowest BCUT2D eigenvalue weighted by molar-refractivity contribution is -0.122. The summed E-state index contributed by atoms with van der Waals surface area (Å²) in [4.78, 5) is 20.7. The number of benzene rings is 1. The van der Waals surface area contributed by atoms with Gasteiger partial charge in [0.25, 0.3) is 12.0 Å². The Balaban J connectivity index is 0.000000545. The van der Waals surface area contributed by atoms with E-state index in [0.29, 0.717) is 18.4 Å². The highest BCUT2D eigenvalue weighted by atomic mass is 16.3. The van der Waals surface area contributed by atoms with Crippen LogP contribution in [0.1, 0.15) is 56.7 Å². The summed E-state index contributed by atoms with van der Waals surface area (Å²) in [6.07, 6.45) is 2.56. The molecule has 0 bridgehead atoms. The second kappa shape index (κ2) is 6.73. The lowest BCUT2D eigenvalue weighted by Gasteiger charge is -2.13. The fourth-order valence-corrected chi connectivity index (χ4v) is 2.64. The van der Waals surface area contributed by atoms with Gasteiger partial charge in [-0.15, -0.1) is 0 Å². The Morgan fingerprint density at radius 2 is 2.00 bits per heavy atom. The summed E-state index contributed by atoms with van der Waals surface area (Å²) in [5, 5.41) is 13.3. The average Bonchev–Trinajstić information content (AvgIpc) is 3.32. The minimum Gasteiger partial charge on any atom is -0.483 e. The second-order valence-corrected chi connectivity index (χ2v) is 5.85. The predicted molar refractivity (Wildman–Crippen MR) is 86.4 cm³/mol. The van der Waals surface area contributed by atoms with Crippen LogP contribution in [-0.2, 0) is 11.3 Å². The molecule has 1 aromatic carbocycles. The highest BCUT2D eigenvalue weighted by Crippen LogP contribution is 2.41. The standard InChI is InChI=1S/C16H20N2O.CH2O2/c1-4-18-16(19)13-8-7-12(11-5-6-11)9-14(13)15(17-18)10(2)3;2-1-3/h7-11H,4-6H2,1-3H3;1H,(H,2,3).